The first-order chi connectivity index (χ1) is 13.2. The van der Waals surface area contributed by atoms with Crippen LogP contribution in [0.25, 0.3) is 0 Å². The van der Waals surface area contributed by atoms with E-state index in [4.69, 9.17) is 4.42 Å². The van der Waals surface area contributed by atoms with Crippen LogP contribution >= 0.6 is 0 Å². The summed E-state index contributed by atoms with van der Waals surface area (Å²) in [4.78, 5) is 17.2. The van der Waals surface area contributed by atoms with Crippen LogP contribution in [0.5, 0.6) is 0 Å². The summed E-state index contributed by atoms with van der Waals surface area (Å²) in [6.45, 7) is 3.92. The van der Waals surface area contributed by atoms with Crippen molar-refractivity contribution in [2.45, 2.75) is 38.1 Å². The highest BCUT2D eigenvalue weighted by Gasteiger charge is 2.25. The molecular formula is C22H29N3O2. The van der Waals surface area contributed by atoms with Crippen LogP contribution in [0.3, 0.4) is 0 Å². The number of nitrogens with zero attached hydrogens (tertiary/aromatic N) is 2. The Morgan fingerprint density at radius 1 is 1.15 bits per heavy atom. The third-order valence-electron chi connectivity index (χ3n) is 5.87. The number of aryl methyl sites for hydroxylation is 1. The van der Waals surface area contributed by atoms with Gasteiger partial charge in [0.2, 0.25) is 0 Å². The van der Waals surface area contributed by atoms with Gasteiger partial charge >= 0.3 is 0 Å². The number of anilines is 1. The summed E-state index contributed by atoms with van der Waals surface area (Å²) in [6, 6.07) is 10.5. The molecule has 1 N–H and O–H groups in total. The number of hydrogen-bond donors (Lipinski definition) is 1. The molecule has 1 aromatic carbocycles. The Balaban J connectivity index is 1.55. The van der Waals surface area contributed by atoms with Gasteiger partial charge < -0.3 is 14.6 Å². The van der Waals surface area contributed by atoms with Crippen LogP contribution in [-0.4, -0.2) is 44.0 Å². The number of amides is 1. The molecule has 1 saturated heterocycles. The number of fused-ring (bicyclic) bond motifs is 1. The van der Waals surface area contributed by atoms with Gasteiger partial charge in [0.05, 0.1) is 12.3 Å². The predicted molar refractivity (Wildman–Crippen MR) is 107 cm³/mol. The highest BCUT2D eigenvalue weighted by atomic mass is 16.3. The zero-order chi connectivity index (χ0) is 18.6. The van der Waals surface area contributed by atoms with E-state index in [0.717, 1.165) is 26.1 Å². The van der Waals surface area contributed by atoms with E-state index in [1.807, 2.05) is 0 Å². The highest BCUT2D eigenvalue weighted by molar-refractivity contribution is 5.91. The number of furan rings is 1. The number of carbonyl (C=O) groups excluding carboxylic acids is 1. The van der Waals surface area contributed by atoms with Crippen molar-refractivity contribution in [3.05, 3.63) is 53.5 Å². The van der Waals surface area contributed by atoms with Crippen molar-refractivity contribution in [3.8, 4) is 0 Å². The minimum Gasteiger partial charge on any atom is -0.459 e. The summed E-state index contributed by atoms with van der Waals surface area (Å²) in [5.41, 5.74) is 4.09. The van der Waals surface area contributed by atoms with Gasteiger partial charge in [-0.05, 0) is 68.1 Å². The Hall–Kier alpha value is -2.27. The monoisotopic (exact) mass is 367 g/mol. The molecule has 1 aromatic heterocycles. The summed E-state index contributed by atoms with van der Waals surface area (Å²) in [6.07, 6.45) is 7.65. The molecule has 27 heavy (non-hydrogen) atoms. The van der Waals surface area contributed by atoms with Crippen LogP contribution in [0.4, 0.5) is 5.69 Å². The second-order valence-corrected chi connectivity index (χ2v) is 7.71. The molecule has 144 valence electrons. The Morgan fingerprint density at radius 3 is 2.78 bits per heavy atom. The van der Waals surface area contributed by atoms with E-state index in [2.05, 4.69) is 40.4 Å². The van der Waals surface area contributed by atoms with Gasteiger partial charge in [0.25, 0.3) is 5.91 Å². The van der Waals surface area contributed by atoms with E-state index in [0.29, 0.717) is 12.3 Å². The lowest BCUT2D eigenvalue weighted by Crippen LogP contribution is -2.40. The predicted octanol–water partition coefficient (Wildman–Crippen LogP) is 3.62. The van der Waals surface area contributed by atoms with Gasteiger partial charge in [0, 0.05) is 25.8 Å². The van der Waals surface area contributed by atoms with Crippen LogP contribution in [0, 0.1) is 0 Å². The van der Waals surface area contributed by atoms with Crippen LogP contribution in [0.15, 0.2) is 41.0 Å². The molecule has 0 radical (unpaired) electrons. The van der Waals surface area contributed by atoms with Crippen LogP contribution in [-0.2, 0) is 6.42 Å². The quantitative estimate of drug-likeness (QED) is 0.877. The molecule has 2 aliphatic heterocycles. The maximum Gasteiger partial charge on any atom is 0.287 e. The summed E-state index contributed by atoms with van der Waals surface area (Å²) >= 11 is 0. The van der Waals surface area contributed by atoms with Gasteiger partial charge in [0.15, 0.2) is 5.76 Å². The maximum atomic E-state index is 12.4. The first-order valence-electron chi connectivity index (χ1n) is 10.1. The second-order valence-electron chi connectivity index (χ2n) is 7.71. The molecule has 1 unspecified atom stereocenters. The molecule has 2 aromatic rings. The number of rotatable bonds is 5. The van der Waals surface area contributed by atoms with Crippen LogP contribution in [0.2, 0.25) is 0 Å². The van der Waals surface area contributed by atoms with Gasteiger partial charge in [-0.1, -0.05) is 18.6 Å². The lowest BCUT2D eigenvalue weighted by atomic mass is 9.95. The number of hydrogen-bond acceptors (Lipinski definition) is 4. The number of piperidine rings is 1. The standard InChI is InChI=1S/C22H29N3O2/c1-24-11-5-7-17-15-18(9-10-19(17)24)20(25-12-3-2-4-13-25)16-23-22(26)21-8-6-14-27-21/h6,8-10,14-15,20H,2-5,7,11-13,16H2,1H3,(H,23,26). The Labute approximate surface area is 161 Å². The largest absolute Gasteiger partial charge is 0.459 e. The third kappa shape index (κ3) is 4.03. The molecule has 1 fully saturated rings. The Morgan fingerprint density at radius 2 is 2.00 bits per heavy atom. The SMILES string of the molecule is CN1CCCc2cc(C(CNC(=O)c3ccco3)N3CCCCC3)ccc21. The molecule has 1 atom stereocenters. The zero-order valence-electron chi connectivity index (χ0n) is 16.1. The van der Waals surface area contributed by atoms with E-state index < -0.39 is 0 Å². The molecule has 0 bridgehead atoms. The van der Waals surface area contributed by atoms with Gasteiger partial charge in [-0.2, -0.15) is 0 Å². The first kappa shape index (κ1) is 18.1. The minimum absolute atomic E-state index is 0.139. The molecular weight excluding hydrogens is 338 g/mol. The van der Waals surface area contributed by atoms with Gasteiger partial charge in [0.1, 0.15) is 0 Å². The molecule has 1 amide bonds. The number of benzene rings is 1. The lowest BCUT2D eigenvalue weighted by molar-refractivity contribution is 0.0897. The maximum absolute atomic E-state index is 12.4. The van der Waals surface area contributed by atoms with Crippen molar-refractivity contribution in [1.82, 2.24) is 10.2 Å². The van der Waals surface area contributed by atoms with E-state index in [1.54, 1.807) is 12.1 Å². The average molecular weight is 367 g/mol. The normalized spacial score (nSPS) is 18.8. The highest BCUT2D eigenvalue weighted by Crippen LogP contribution is 2.31. The lowest BCUT2D eigenvalue weighted by Gasteiger charge is -2.36. The summed E-state index contributed by atoms with van der Waals surface area (Å²) in [7, 11) is 2.17. The fourth-order valence-corrected chi connectivity index (χ4v) is 4.38. The molecule has 2 aliphatic rings. The summed E-state index contributed by atoms with van der Waals surface area (Å²) in [5, 5.41) is 3.09. The number of carbonyl (C=O) groups is 1. The Bertz CT molecular complexity index is 766. The third-order valence-corrected chi connectivity index (χ3v) is 5.87. The van der Waals surface area contributed by atoms with Crippen LogP contribution < -0.4 is 10.2 Å². The molecule has 4 rings (SSSR count). The van der Waals surface area contributed by atoms with E-state index in [1.165, 1.54) is 48.8 Å². The molecule has 5 heteroatoms. The van der Waals surface area contributed by atoms with E-state index in [-0.39, 0.29) is 11.9 Å². The zero-order valence-corrected chi connectivity index (χ0v) is 16.1. The van der Waals surface area contributed by atoms with Crippen molar-refractivity contribution in [3.63, 3.8) is 0 Å². The molecule has 0 aliphatic carbocycles. The fraction of sp³-hybridized carbons (Fsp3) is 0.500. The van der Waals surface area contributed by atoms with Gasteiger partial charge in [-0.15, -0.1) is 0 Å². The smallest absolute Gasteiger partial charge is 0.287 e. The van der Waals surface area contributed by atoms with Gasteiger partial charge in [-0.3, -0.25) is 9.69 Å². The average Bonchev–Trinajstić information content (AvgIpc) is 3.24. The molecule has 0 spiro atoms. The van der Waals surface area contributed by atoms with Crippen molar-refractivity contribution >= 4 is 11.6 Å². The molecule has 0 saturated carbocycles. The van der Waals surface area contributed by atoms with Crippen molar-refractivity contribution in [2.24, 2.45) is 0 Å². The van der Waals surface area contributed by atoms with E-state index in [9.17, 15) is 4.79 Å². The second kappa shape index (κ2) is 8.17. The minimum atomic E-state index is -0.139. The summed E-state index contributed by atoms with van der Waals surface area (Å²) < 4.78 is 5.23. The van der Waals surface area contributed by atoms with Gasteiger partial charge in [-0.25, -0.2) is 0 Å². The van der Waals surface area contributed by atoms with Crippen molar-refractivity contribution < 1.29 is 9.21 Å². The molecule has 3 heterocycles. The Kier molecular flexibility index (Phi) is 5.48. The van der Waals surface area contributed by atoms with Crippen molar-refractivity contribution in [1.29, 1.82) is 0 Å². The fourth-order valence-electron chi connectivity index (χ4n) is 4.38. The number of likely N-dealkylation sites (tertiary alicyclic amines) is 1. The van der Waals surface area contributed by atoms with Crippen LogP contribution in [0.1, 0.15) is 53.4 Å². The first-order valence-corrected chi connectivity index (χ1v) is 10.1. The van der Waals surface area contributed by atoms with E-state index >= 15 is 0 Å². The number of nitrogens with one attached hydrogen (secondary N) is 1. The van der Waals surface area contributed by atoms with Crippen molar-refractivity contribution in [2.75, 3.05) is 38.1 Å². The topological polar surface area (TPSA) is 48.7 Å². The molecule has 5 nitrogen and oxygen atoms in total. The summed E-state index contributed by atoms with van der Waals surface area (Å²) in [5.74, 6) is 0.235.